The second-order valence-electron chi connectivity index (χ2n) is 24.3. The lowest BCUT2D eigenvalue weighted by Gasteiger charge is -2.27. The van der Waals surface area contributed by atoms with Crippen molar-refractivity contribution in [3.63, 3.8) is 0 Å². The van der Waals surface area contributed by atoms with E-state index in [0.717, 1.165) is 103 Å². The second-order valence-corrected chi connectivity index (χ2v) is 25.8. The Kier molecular flexibility index (Phi) is 58.7. The van der Waals surface area contributed by atoms with Crippen LogP contribution < -0.4 is 5.32 Å². The van der Waals surface area contributed by atoms with Crippen molar-refractivity contribution >= 4 is 19.7 Å². The van der Waals surface area contributed by atoms with Gasteiger partial charge in [-0.15, -0.1) is 0 Å². The van der Waals surface area contributed by atoms with Gasteiger partial charge in [0.2, 0.25) is 5.91 Å². The van der Waals surface area contributed by atoms with E-state index < -0.39 is 20.0 Å². The molecule has 9 nitrogen and oxygen atoms in total. The number of ether oxygens (including phenoxy) is 1. The van der Waals surface area contributed by atoms with Gasteiger partial charge in [0.15, 0.2) is 0 Å². The van der Waals surface area contributed by atoms with Crippen LogP contribution in [-0.2, 0) is 27.9 Å². The first kappa shape index (κ1) is 78.5. The zero-order valence-corrected chi connectivity index (χ0v) is 54.9. The standard InChI is InChI=1S/C71H131N2O7P/c1-7-10-13-16-19-22-25-27-29-31-33-34-35-36-37-38-40-41-43-45-48-51-54-57-60-63-70(74)72-68(67-79-81(76,77)78-66-65-73(4,5)6)69(62-59-56-53-50-47-24-21-18-15-12-9-3)80-71(75)64-61-58-55-52-49-46-44-42-39-32-30-28-26-23-20-17-14-11-8-2/h10,13,19,22,27,29,33-34,36-37,59,62,68-69H,7-9,11-12,14-18,20-21,23-26,28,30-32,35,38-58,60-61,63-67H2,1-6H3,(H-,72,74,76,77)/p+1/b13-10-,22-19-,29-27-,34-33-,37-36-,62-59-. The van der Waals surface area contributed by atoms with E-state index in [4.69, 9.17) is 13.8 Å². The maximum atomic E-state index is 13.6. The Labute approximate surface area is 502 Å². The van der Waals surface area contributed by atoms with Gasteiger partial charge in [-0.05, 0) is 76.7 Å². The molecule has 2 N–H and O–H groups in total. The Hall–Kier alpha value is -2.55. The van der Waals surface area contributed by atoms with E-state index >= 15 is 0 Å². The molecule has 0 spiro atoms. The highest BCUT2D eigenvalue weighted by Crippen LogP contribution is 2.43. The molecule has 1 amide bonds. The molecule has 0 saturated heterocycles. The first-order valence-corrected chi connectivity index (χ1v) is 35.8. The van der Waals surface area contributed by atoms with Crippen molar-refractivity contribution in [2.24, 2.45) is 0 Å². The van der Waals surface area contributed by atoms with Crippen LogP contribution in [0.15, 0.2) is 72.9 Å². The number of nitrogens with zero attached hydrogens (tertiary/aromatic N) is 1. The molecule has 3 unspecified atom stereocenters. The number of amides is 1. The molecule has 10 heteroatoms. The number of carbonyl (C=O) groups is 2. The van der Waals surface area contributed by atoms with Crippen LogP contribution in [0, 0.1) is 0 Å². The Morgan fingerprint density at radius 3 is 1.19 bits per heavy atom. The molecule has 81 heavy (non-hydrogen) atoms. The third-order valence-electron chi connectivity index (χ3n) is 15.2. The number of allylic oxidation sites excluding steroid dienone is 11. The number of hydrogen-bond donors (Lipinski definition) is 2. The molecule has 3 atom stereocenters. The number of rotatable bonds is 62. The van der Waals surface area contributed by atoms with E-state index in [1.807, 2.05) is 33.3 Å². The highest BCUT2D eigenvalue weighted by molar-refractivity contribution is 7.47. The Morgan fingerprint density at radius 1 is 0.444 bits per heavy atom. The van der Waals surface area contributed by atoms with E-state index in [-0.39, 0.29) is 25.1 Å². The fourth-order valence-electron chi connectivity index (χ4n) is 9.91. The summed E-state index contributed by atoms with van der Waals surface area (Å²) in [5, 5.41) is 3.06. The molecule has 0 aromatic carbocycles. The molecular formula is C71H132N2O7P+. The Balaban J connectivity index is 5.07. The monoisotopic (exact) mass is 1160 g/mol. The summed E-state index contributed by atoms with van der Waals surface area (Å²) in [4.78, 5) is 37.8. The summed E-state index contributed by atoms with van der Waals surface area (Å²) in [7, 11) is 1.50. The zero-order chi connectivity index (χ0) is 59.3. The molecule has 472 valence electrons. The molecule has 0 bridgehead atoms. The smallest absolute Gasteiger partial charge is 0.456 e. The predicted molar refractivity (Wildman–Crippen MR) is 351 cm³/mol. The Bertz CT molecular complexity index is 1620. The highest BCUT2D eigenvalue weighted by atomic mass is 31.2. The average Bonchev–Trinajstić information content (AvgIpc) is 3.44. The van der Waals surface area contributed by atoms with E-state index in [9.17, 15) is 19.0 Å². The van der Waals surface area contributed by atoms with Gasteiger partial charge < -0.3 is 19.4 Å². The molecule has 0 fully saturated rings. The van der Waals surface area contributed by atoms with E-state index in [0.29, 0.717) is 23.9 Å². The van der Waals surface area contributed by atoms with Crippen LogP contribution >= 0.6 is 7.82 Å². The van der Waals surface area contributed by atoms with Crippen LogP contribution in [0.3, 0.4) is 0 Å². The third kappa shape index (κ3) is 61.8. The maximum absolute atomic E-state index is 13.6. The lowest BCUT2D eigenvalue weighted by Crippen LogP contribution is -2.47. The number of esters is 1. The number of unbranched alkanes of at least 4 members (excludes halogenated alkanes) is 36. The summed E-state index contributed by atoms with van der Waals surface area (Å²) in [6, 6.07) is -0.852. The molecule has 0 aliphatic carbocycles. The molecule has 0 aliphatic rings. The summed E-state index contributed by atoms with van der Waals surface area (Å²) in [5.41, 5.74) is 0. The van der Waals surface area contributed by atoms with Gasteiger partial charge in [-0.3, -0.25) is 18.6 Å². The lowest BCUT2D eigenvalue weighted by molar-refractivity contribution is -0.870. The fraction of sp³-hybridized carbons (Fsp3) is 0.803. The highest BCUT2D eigenvalue weighted by Gasteiger charge is 2.30. The van der Waals surface area contributed by atoms with Crippen LogP contribution in [0.5, 0.6) is 0 Å². The van der Waals surface area contributed by atoms with Crippen LogP contribution in [0.4, 0.5) is 0 Å². The van der Waals surface area contributed by atoms with Gasteiger partial charge in [-0.2, -0.15) is 0 Å². The van der Waals surface area contributed by atoms with Gasteiger partial charge in [-0.1, -0.05) is 299 Å². The van der Waals surface area contributed by atoms with Crippen molar-refractivity contribution in [3.8, 4) is 0 Å². The lowest BCUT2D eigenvalue weighted by atomic mass is 10.0. The van der Waals surface area contributed by atoms with Crippen molar-refractivity contribution < 1.29 is 37.3 Å². The second kappa shape index (κ2) is 60.6. The molecule has 0 aromatic heterocycles. The number of phosphoric ester groups is 1. The summed E-state index contributed by atoms with van der Waals surface area (Å²) in [6.45, 7) is 6.92. The SMILES string of the molecule is CC/C=C\C/C=C\C/C=C\C/C=C\C/C=C\CCCCCCCCCCCC(=O)NC(COP(=O)(O)OCC[N+](C)(C)C)C(/C=C\CCCCCCCCCCC)OC(=O)CCCCCCCCCCCCCCCCCCCCC. The van der Waals surface area contributed by atoms with Gasteiger partial charge >= 0.3 is 13.8 Å². The van der Waals surface area contributed by atoms with Crippen LogP contribution in [0.2, 0.25) is 0 Å². The summed E-state index contributed by atoms with van der Waals surface area (Å²) in [5.74, 6) is -0.502. The first-order valence-electron chi connectivity index (χ1n) is 34.3. The van der Waals surface area contributed by atoms with Crippen molar-refractivity contribution in [1.29, 1.82) is 0 Å². The minimum absolute atomic E-state index is 0.0383. The quantitative estimate of drug-likeness (QED) is 0.0205. The number of carbonyl (C=O) groups excluding carboxylic acids is 2. The van der Waals surface area contributed by atoms with E-state index in [2.05, 4.69) is 86.8 Å². The van der Waals surface area contributed by atoms with Gasteiger partial charge in [0.1, 0.15) is 19.3 Å². The van der Waals surface area contributed by atoms with Gasteiger partial charge in [0.25, 0.3) is 0 Å². The molecule has 0 saturated carbocycles. The van der Waals surface area contributed by atoms with Gasteiger partial charge in [0, 0.05) is 12.8 Å². The number of nitrogens with one attached hydrogen (secondary N) is 1. The van der Waals surface area contributed by atoms with Crippen molar-refractivity contribution in [1.82, 2.24) is 5.32 Å². The molecule has 0 radical (unpaired) electrons. The molecule has 0 heterocycles. The van der Waals surface area contributed by atoms with Crippen LogP contribution in [0.1, 0.15) is 316 Å². The van der Waals surface area contributed by atoms with Crippen molar-refractivity contribution in [2.75, 3.05) is 40.9 Å². The predicted octanol–water partition coefficient (Wildman–Crippen LogP) is 21.6. The van der Waals surface area contributed by atoms with E-state index in [1.165, 1.54) is 180 Å². The average molecular weight is 1160 g/mol. The fourth-order valence-corrected chi connectivity index (χ4v) is 10.6. The first-order chi connectivity index (χ1) is 39.4. The molecule has 0 aromatic rings. The van der Waals surface area contributed by atoms with Crippen molar-refractivity contribution in [3.05, 3.63) is 72.9 Å². The topological polar surface area (TPSA) is 111 Å². The normalized spacial score (nSPS) is 14.0. The molecular weight excluding hydrogens is 1020 g/mol. The van der Waals surface area contributed by atoms with Crippen LogP contribution in [0.25, 0.3) is 0 Å². The van der Waals surface area contributed by atoms with Gasteiger partial charge in [0.05, 0.1) is 33.8 Å². The number of phosphoric acid groups is 1. The maximum Gasteiger partial charge on any atom is 0.472 e. The largest absolute Gasteiger partial charge is 0.472 e. The summed E-state index contributed by atoms with van der Waals surface area (Å²) < 4.78 is 30.8. The third-order valence-corrected chi connectivity index (χ3v) is 16.1. The number of hydrogen-bond acceptors (Lipinski definition) is 6. The minimum atomic E-state index is -4.45. The number of likely N-dealkylation sites (N-methyl/N-ethyl adjacent to an activating group) is 1. The number of quaternary nitrogens is 1. The summed E-state index contributed by atoms with van der Waals surface area (Å²) in [6.07, 6.45) is 79.1. The van der Waals surface area contributed by atoms with Crippen molar-refractivity contribution in [2.45, 2.75) is 328 Å². The minimum Gasteiger partial charge on any atom is -0.456 e. The molecule has 0 rings (SSSR count). The summed E-state index contributed by atoms with van der Waals surface area (Å²) >= 11 is 0. The Morgan fingerprint density at radius 2 is 0.790 bits per heavy atom. The van der Waals surface area contributed by atoms with E-state index in [1.54, 1.807) is 0 Å². The van der Waals surface area contributed by atoms with Crippen LogP contribution in [-0.4, -0.2) is 74.3 Å². The molecule has 0 aliphatic heterocycles. The zero-order valence-electron chi connectivity index (χ0n) is 54.0. The van der Waals surface area contributed by atoms with Gasteiger partial charge in [-0.25, -0.2) is 4.57 Å².